The number of pyridine rings is 1. The van der Waals surface area contributed by atoms with Gasteiger partial charge in [0.25, 0.3) is 0 Å². The van der Waals surface area contributed by atoms with Gasteiger partial charge in [0.15, 0.2) is 5.69 Å². The molecule has 102 valence electrons. The summed E-state index contributed by atoms with van der Waals surface area (Å²) in [6.07, 6.45) is -1.33. The Labute approximate surface area is 107 Å². The molecule has 8 heteroatoms. The molecule has 0 unspecified atom stereocenters. The number of nitrogens with two attached hydrogens (primary N) is 1. The Morgan fingerprint density at radius 3 is 2.68 bits per heavy atom. The molecule has 0 amide bonds. The van der Waals surface area contributed by atoms with E-state index < -0.39 is 17.6 Å². The third-order valence-electron chi connectivity index (χ3n) is 2.54. The molecule has 2 heterocycles. The number of rotatable bonds is 3. The molecule has 0 radical (unpaired) electrons. The molecule has 0 saturated heterocycles. The number of nitrogens with one attached hydrogen (secondary N) is 1. The molecular weight excluding hydrogens is 259 g/mol. The van der Waals surface area contributed by atoms with Crippen LogP contribution >= 0.6 is 0 Å². The summed E-state index contributed by atoms with van der Waals surface area (Å²) in [5.41, 5.74) is 4.82. The molecule has 19 heavy (non-hydrogen) atoms. The SMILES string of the molecule is Cn1nc(C(F)(F)F)c(N)c1NCc1cccnc1. The van der Waals surface area contributed by atoms with Crippen molar-refractivity contribution in [1.82, 2.24) is 14.8 Å². The fourth-order valence-corrected chi connectivity index (χ4v) is 1.65. The smallest absolute Gasteiger partial charge is 0.394 e. The molecule has 3 N–H and O–H groups in total. The fourth-order valence-electron chi connectivity index (χ4n) is 1.65. The summed E-state index contributed by atoms with van der Waals surface area (Å²) in [6.45, 7) is 0.314. The number of hydrogen-bond donors (Lipinski definition) is 2. The number of anilines is 2. The summed E-state index contributed by atoms with van der Waals surface area (Å²) in [6, 6.07) is 3.54. The average Bonchev–Trinajstić information content (AvgIpc) is 2.64. The molecule has 2 aromatic rings. The van der Waals surface area contributed by atoms with E-state index in [1.807, 2.05) is 0 Å². The molecule has 0 aliphatic heterocycles. The largest absolute Gasteiger partial charge is 0.437 e. The third-order valence-corrected chi connectivity index (χ3v) is 2.54. The summed E-state index contributed by atoms with van der Waals surface area (Å²) < 4.78 is 38.9. The van der Waals surface area contributed by atoms with Crippen LogP contribution in [0.5, 0.6) is 0 Å². The standard InChI is InChI=1S/C11H12F3N5/c1-19-10(8(15)9(18-19)11(12,13)14)17-6-7-3-2-4-16-5-7/h2-5,17H,6,15H2,1H3. The quantitative estimate of drug-likeness (QED) is 0.896. The van der Waals surface area contributed by atoms with Crippen molar-refractivity contribution in [1.29, 1.82) is 0 Å². The van der Waals surface area contributed by atoms with Crippen molar-refractivity contribution >= 4 is 11.5 Å². The zero-order valence-electron chi connectivity index (χ0n) is 10.1. The third kappa shape index (κ3) is 2.78. The number of aromatic nitrogens is 3. The van der Waals surface area contributed by atoms with Crippen molar-refractivity contribution in [3.63, 3.8) is 0 Å². The highest BCUT2D eigenvalue weighted by atomic mass is 19.4. The summed E-state index contributed by atoms with van der Waals surface area (Å²) in [5, 5.41) is 6.21. The zero-order valence-corrected chi connectivity index (χ0v) is 10.1. The van der Waals surface area contributed by atoms with Crippen LogP contribution in [0, 0.1) is 0 Å². The van der Waals surface area contributed by atoms with E-state index in [1.54, 1.807) is 24.5 Å². The first kappa shape index (κ1) is 13.2. The van der Waals surface area contributed by atoms with Gasteiger partial charge in [-0.2, -0.15) is 18.3 Å². The van der Waals surface area contributed by atoms with Crippen molar-refractivity contribution in [3.8, 4) is 0 Å². The number of hydrogen-bond acceptors (Lipinski definition) is 4. The van der Waals surface area contributed by atoms with Gasteiger partial charge in [0.1, 0.15) is 11.5 Å². The lowest BCUT2D eigenvalue weighted by Crippen LogP contribution is -2.09. The van der Waals surface area contributed by atoms with Crippen LogP contribution in [-0.2, 0) is 19.8 Å². The summed E-state index contributed by atoms with van der Waals surface area (Å²) in [5.74, 6) is 0.135. The first-order valence-corrected chi connectivity index (χ1v) is 5.42. The Balaban J connectivity index is 2.20. The van der Waals surface area contributed by atoms with E-state index in [0.717, 1.165) is 10.2 Å². The van der Waals surface area contributed by atoms with Crippen LogP contribution in [0.3, 0.4) is 0 Å². The van der Waals surface area contributed by atoms with Gasteiger partial charge in [-0.1, -0.05) is 6.07 Å². The maximum Gasteiger partial charge on any atom is 0.437 e. The van der Waals surface area contributed by atoms with Gasteiger partial charge in [0, 0.05) is 26.0 Å². The van der Waals surface area contributed by atoms with Gasteiger partial charge < -0.3 is 11.1 Å². The summed E-state index contributed by atoms with van der Waals surface area (Å²) in [4.78, 5) is 3.91. The van der Waals surface area contributed by atoms with Gasteiger partial charge in [-0.05, 0) is 11.6 Å². The molecule has 0 spiro atoms. The number of aryl methyl sites for hydroxylation is 1. The second kappa shape index (κ2) is 4.79. The average molecular weight is 271 g/mol. The van der Waals surface area contributed by atoms with Gasteiger partial charge in [0.05, 0.1) is 0 Å². The fraction of sp³-hybridized carbons (Fsp3) is 0.273. The van der Waals surface area contributed by atoms with Crippen molar-refractivity contribution in [2.45, 2.75) is 12.7 Å². The number of nitrogens with zero attached hydrogens (tertiary/aromatic N) is 3. The second-order valence-electron chi connectivity index (χ2n) is 3.95. The molecular formula is C11H12F3N5. The van der Waals surface area contributed by atoms with Crippen LogP contribution in [0.2, 0.25) is 0 Å². The van der Waals surface area contributed by atoms with Gasteiger partial charge in [-0.3, -0.25) is 9.67 Å². The highest BCUT2D eigenvalue weighted by Gasteiger charge is 2.38. The van der Waals surface area contributed by atoms with Crippen molar-refractivity contribution in [3.05, 3.63) is 35.8 Å². The first-order chi connectivity index (χ1) is 8.89. The minimum atomic E-state index is -4.56. The monoisotopic (exact) mass is 271 g/mol. The Morgan fingerprint density at radius 1 is 1.42 bits per heavy atom. The lowest BCUT2D eigenvalue weighted by Gasteiger charge is -2.07. The van der Waals surface area contributed by atoms with Crippen LogP contribution in [-0.4, -0.2) is 14.8 Å². The van der Waals surface area contributed by atoms with Crippen LogP contribution in [0.15, 0.2) is 24.5 Å². The predicted molar refractivity (Wildman–Crippen MR) is 64.2 cm³/mol. The molecule has 0 atom stereocenters. The number of alkyl halides is 3. The molecule has 0 saturated carbocycles. The van der Waals surface area contributed by atoms with Crippen molar-refractivity contribution < 1.29 is 13.2 Å². The van der Waals surface area contributed by atoms with Crippen molar-refractivity contribution in [2.75, 3.05) is 11.1 Å². The minimum Gasteiger partial charge on any atom is -0.394 e. The van der Waals surface area contributed by atoms with Gasteiger partial charge in [-0.25, -0.2) is 0 Å². The molecule has 0 bridgehead atoms. The van der Waals surface area contributed by atoms with E-state index in [1.165, 1.54) is 7.05 Å². The van der Waals surface area contributed by atoms with Gasteiger partial charge >= 0.3 is 6.18 Å². The van der Waals surface area contributed by atoms with Gasteiger partial charge in [0.2, 0.25) is 0 Å². The Bertz CT molecular complexity index is 562. The number of nitrogen functional groups attached to an aromatic ring is 1. The van der Waals surface area contributed by atoms with Crippen LogP contribution in [0.25, 0.3) is 0 Å². The number of halogens is 3. The first-order valence-electron chi connectivity index (χ1n) is 5.42. The lowest BCUT2D eigenvalue weighted by molar-refractivity contribution is -0.140. The second-order valence-corrected chi connectivity index (χ2v) is 3.95. The van der Waals surface area contributed by atoms with E-state index in [0.29, 0.717) is 6.54 Å². The maximum absolute atomic E-state index is 12.6. The Hall–Kier alpha value is -2.25. The van der Waals surface area contributed by atoms with Crippen molar-refractivity contribution in [2.24, 2.45) is 7.05 Å². The van der Waals surface area contributed by atoms with Crippen LogP contribution in [0.1, 0.15) is 11.3 Å². The Morgan fingerprint density at radius 2 is 2.16 bits per heavy atom. The normalized spacial score (nSPS) is 11.6. The van der Waals surface area contributed by atoms with E-state index in [-0.39, 0.29) is 5.82 Å². The highest BCUT2D eigenvalue weighted by Crippen LogP contribution is 2.36. The lowest BCUT2D eigenvalue weighted by atomic mass is 10.3. The summed E-state index contributed by atoms with van der Waals surface area (Å²) in [7, 11) is 1.40. The Kier molecular flexibility index (Phi) is 3.32. The topological polar surface area (TPSA) is 68.8 Å². The van der Waals surface area contributed by atoms with E-state index in [4.69, 9.17) is 5.73 Å². The highest BCUT2D eigenvalue weighted by molar-refractivity contribution is 5.65. The van der Waals surface area contributed by atoms with E-state index in [2.05, 4.69) is 15.4 Å². The zero-order chi connectivity index (χ0) is 14.0. The van der Waals surface area contributed by atoms with E-state index in [9.17, 15) is 13.2 Å². The van der Waals surface area contributed by atoms with Crippen LogP contribution < -0.4 is 11.1 Å². The molecule has 0 aliphatic rings. The predicted octanol–water partition coefficient (Wildman–Crippen LogP) is 2.03. The summed E-state index contributed by atoms with van der Waals surface area (Å²) >= 11 is 0. The minimum absolute atomic E-state index is 0.135. The van der Waals surface area contributed by atoms with Crippen LogP contribution in [0.4, 0.5) is 24.7 Å². The molecule has 5 nitrogen and oxygen atoms in total. The molecule has 0 aromatic carbocycles. The maximum atomic E-state index is 12.6. The molecule has 0 fully saturated rings. The molecule has 2 rings (SSSR count). The molecule has 2 aromatic heterocycles. The van der Waals surface area contributed by atoms with E-state index >= 15 is 0 Å². The van der Waals surface area contributed by atoms with Gasteiger partial charge in [-0.15, -0.1) is 0 Å². The molecule has 0 aliphatic carbocycles.